The van der Waals surface area contributed by atoms with Crippen molar-refractivity contribution in [3.63, 3.8) is 0 Å². The zero-order valence-electron chi connectivity index (χ0n) is 22.0. The van der Waals surface area contributed by atoms with Crippen LogP contribution in [0.3, 0.4) is 0 Å². The van der Waals surface area contributed by atoms with E-state index in [1.54, 1.807) is 0 Å². The summed E-state index contributed by atoms with van der Waals surface area (Å²) in [5.41, 5.74) is 0.346. The lowest BCUT2D eigenvalue weighted by Gasteiger charge is -2.58. The van der Waals surface area contributed by atoms with Crippen LogP contribution in [0.1, 0.15) is 137 Å². The molecule has 2 bridgehead atoms. The Morgan fingerprint density at radius 1 is 0.625 bits per heavy atom. The van der Waals surface area contributed by atoms with Crippen molar-refractivity contribution in [3.05, 3.63) is 0 Å². The van der Waals surface area contributed by atoms with E-state index in [-0.39, 0.29) is 23.0 Å². The first kappa shape index (κ1) is 26.5. The fraction of sp³-hybridized carbons (Fsp3) is 1.00. The molecule has 4 aliphatic rings. The third-order valence-corrected chi connectivity index (χ3v) is 8.92. The molecule has 1 aliphatic heterocycles. The first-order chi connectivity index (χ1) is 15.6. The summed E-state index contributed by atoms with van der Waals surface area (Å²) in [6.07, 6.45) is 23.4. The summed E-state index contributed by atoms with van der Waals surface area (Å²) in [5.74, 6) is 0. The van der Waals surface area contributed by atoms with Crippen LogP contribution in [0.5, 0.6) is 0 Å². The third kappa shape index (κ3) is 6.11. The Morgan fingerprint density at radius 2 is 1.16 bits per heavy atom. The van der Waals surface area contributed by atoms with Crippen LogP contribution in [-0.4, -0.2) is 37.6 Å². The first-order valence-corrected chi connectivity index (χ1v) is 14.5. The molecule has 3 aliphatic carbocycles. The van der Waals surface area contributed by atoms with E-state index < -0.39 is 0 Å². The summed E-state index contributed by atoms with van der Waals surface area (Å²) < 4.78 is 20.0. The van der Waals surface area contributed by atoms with Gasteiger partial charge in [-0.25, -0.2) is 0 Å². The maximum atomic E-state index is 6.80. The number of rotatable bonds is 19. The predicted molar refractivity (Wildman–Crippen MR) is 134 cm³/mol. The number of hydrogen-bond acceptors (Lipinski definition) is 3. The number of hydrogen-bond donors (Lipinski definition) is 0. The third-order valence-electron chi connectivity index (χ3n) is 8.92. The van der Waals surface area contributed by atoms with Gasteiger partial charge in [0, 0.05) is 24.0 Å². The summed E-state index contributed by atoms with van der Waals surface area (Å²) >= 11 is 0. The zero-order valence-corrected chi connectivity index (χ0v) is 22.0. The molecular formula is C29H54O3. The van der Waals surface area contributed by atoms with Gasteiger partial charge in [-0.05, 0) is 32.1 Å². The Labute approximate surface area is 199 Å². The smallest absolute Gasteiger partial charge is 0.0930 e. The molecule has 0 spiro atoms. The van der Waals surface area contributed by atoms with Gasteiger partial charge < -0.3 is 14.2 Å². The highest BCUT2D eigenvalue weighted by Crippen LogP contribution is 2.68. The van der Waals surface area contributed by atoms with Crippen molar-refractivity contribution >= 4 is 0 Å². The molecule has 0 aromatic rings. The minimum absolute atomic E-state index is 0.145. The molecule has 1 heterocycles. The van der Waals surface area contributed by atoms with E-state index >= 15 is 0 Å². The number of ether oxygens (including phenoxy) is 3. The van der Waals surface area contributed by atoms with E-state index in [0.29, 0.717) is 12.2 Å². The summed E-state index contributed by atoms with van der Waals surface area (Å²) in [6.45, 7) is 11.1. The highest BCUT2D eigenvalue weighted by atomic mass is 16.6. The Morgan fingerprint density at radius 3 is 1.75 bits per heavy atom. The molecule has 0 aromatic heterocycles. The van der Waals surface area contributed by atoms with Gasteiger partial charge >= 0.3 is 0 Å². The summed E-state index contributed by atoms with van der Waals surface area (Å²) in [7, 11) is 0. The van der Waals surface area contributed by atoms with Gasteiger partial charge in [0.1, 0.15) is 0 Å². The molecule has 4 rings (SSSR count). The second kappa shape index (κ2) is 13.1. The van der Waals surface area contributed by atoms with Crippen LogP contribution >= 0.6 is 0 Å². The lowest BCUT2D eigenvalue weighted by molar-refractivity contribution is -0.222. The Bertz CT molecular complexity index is 519. The highest BCUT2D eigenvalue weighted by molar-refractivity contribution is 5.23. The van der Waals surface area contributed by atoms with E-state index in [2.05, 4.69) is 27.7 Å². The molecule has 6 unspecified atom stereocenters. The average molecular weight is 451 g/mol. The van der Waals surface area contributed by atoms with E-state index in [9.17, 15) is 0 Å². The van der Waals surface area contributed by atoms with Gasteiger partial charge in [-0.1, -0.05) is 105 Å². The van der Waals surface area contributed by atoms with Crippen molar-refractivity contribution in [2.24, 2.45) is 10.8 Å². The molecule has 3 heteroatoms. The zero-order chi connectivity index (χ0) is 22.9. The van der Waals surface area contributed by atoms with Crippen LogP contribution in [0.2, 0.25) is 0 Å². The van der Waals surface area contributed by atoms with Crippen molar-refractivity contribution in [3.8, 4) is 0 Å². The fourth-order valence-corrected chi connectivity index (χ4v) is 6.72. The van der Waals surface area contributed by atoms with Crippen molar-refractivity contribution < 1.29 is 14.2 Å². The minimum atomic E-state index is 0.145. The number of unbranched alkanes of at least 4 members (excludes halogenated alkanes) is 11. The van der Waals surface area contributed by atoms with Crippen LogP contribution in [0.4, 0.5) is 0 Å². The van der Waals surface area contributed by atoms with Crippen LogP contribution in [0.15, 0.2) is 0 Å². The standard InChI is InChI=1S/C29H54O3/c1-5-8-11-13-15-17-22-30-24-26(31-23-18-16-14-12-9-6-2)29(19-10-7-3)21-20-28(24,4)25-27(29)32-25/h24-27H,5-23H2,1-4H3. The highest BCUT2D eigenvalue weighted by Gasteiger charge is 2.76. The van der Waals surface area contributed by atoms with E-state index in [1.807, 2.05) is 0 Å². The maximum Gasteiger partial charge on any atom is 0.0930 e. The molecule has 0 amide bonds. The molecule has 0 radical (unpaired) electrons. The molecule has 3 saturated carbocycles. The molecule has 0 N–H and O–H groups in total. The molecule has 32 heavy (non-hydrogen) atoms. The molecular weight excluding hydrogens is 396 g/mol. The van der Waals surface area contributed by atoms with Crippen molar-refractivity contribution in [2.75, 3.05) is 13.2 Å². The van der Waals surface area contributed by atoms with Gasteiger partial charge in [0.15, 0.2) is 0 Å². The largest absolute Gasteiger partial charge is 0.375 e. The van der Waals surface area contributed by atoms with Crippen LogP contribution < -0.4 is 0 Å². The second-order valence-corrected chi connectivity index (χ2v) is 11.4. The lowest BCUT2D eigenvalue weighted by Crippen LogP contribution is -2.66. The first-order valence-electron chi connectivity index (χ1n) is 14.5. The summed E-state index contributed by atoms with van der Waals surface area (Å²) in [6, 6.07) is 0. The molecule has 4 fully saturated rings. The Balaban J connectivity index is 1.57. The van der Waals surface area contributed by atoms with E-state index in [1.165, 1.54) is 109 Å². The van der Waals surface area contributed by atoms with Gasteiger partial charge in [0.05, 0.1) is 24.4 Å². The van der Waals surface area contributed by atoms with Crippen molar-refractivity contribution in [1.29, 1.82) is 0 Å². The molecule has 3 nitrogen and oxygen atoms in total. The summed E-state index contributed by atoms with van der Waals surface area (Å²) in [4.78, 5) is 0. The molecule has 0 aromatic carbocycles. The second-order valence-electron chi connectivity index (χ2n) is 11.4. The monoisotopic (exact) mass is 450 g/mol. The average Bonchev–Trinajstić information content (AvgIpc) is 3.62. The van der Waals surface area contributed by atoms with Crippen LogP contribution in [-0.2, 0) is 14.2 Å². The van der Waals surface area contributed by atoms with Crippen molar-refractivity contribution in [1.82, 2.24) is 0 Å². The summed E-state index contributed by atoms with van der Waals surface area (Å²) in [5, 5.41) is 0. The van der Waals surface area contributed by atoms with Crippen molar-refractivity contribution in [2.45, 2.75) is 161 Å². The SMILES string of the molecule is CCCCCCCCOC1C(OCCCCCCCC)C2(CCCC)CCC1(C)C1OC12. The fourth-order valence-electron chi connectivity index (χ4n) is 6.72. The number of fused-ring (bicyclic) bond motifs is 2. The molecule has 6 atom stereocenters. The van der Waals surface area contributed by atoms with Gasteiger partial charge in [-0.2, -0.15) is 0 Å². The molecule has 188 valence electrons. The maximum absolute atomic E-state index is 6.80. The quantitative estimate of drug-likeness (QED) is 0.147. The Hall–Kier alpha value is -0.120. The Kier molecular flexibility index (Phi) is 10.8. The van der Waals surface area contributed by atoms with Crippen LogP contribution in [0, 0.1) is 10.8 Å². The minimum Gasteiger partial charge on any atom is -0.375 e. The van der Waals surface area contributed by atoms with Crippen LogP contribution in [0.25, 0.3) is 0 Å². The van der Waals surface area contributed by atoms with Gasteiger partial charge in [-0.3, -0.25) is 0 Å². The normalized spacial score (nSPS) is 35.2. The topological polar surface area (TPSA) is 31.0 Å². The van der Waals surface area contributed by atoms with Gasteiger partial charge in [0.25, 0.3) is 0 Å². The lowest BCUT2D eigenvalue weighted by atomic mass is 9.50. The molecule has 1 saturated heterocycles. The predicted octanol–water partition coefficient (Wildman–Crippen LogP) is 8.24. The van der Waals surface area contributed by atoms with Gasteiger partial charge in [-0.15, -0.1) is 0 Å². The van der Waals surface area contributed by atoms with E-state index in [4.69, 9.17) is 14.2 Å². The number of epoxide rings is 1. The van der Waals surface area contributed by atoms with Gasteiger partial charge in [0.2, 0.25) is 0 Å². The van der Waals surface area contributed by atoms with E-state index in [0.717, 1.165) is 13.2 Å².